The number of anilines is 4. The average Bonchev–Trinajstić information content (AvgIpc) is 3.55. The predicted octanol–water partition coefficient (Wildman–Crippen LogP) is 5.55. The van der Waals surface area contributed by atoms with Gasteiger partial charge in [0.05, 0.1) is 34.8 Å². The van der Waals surface area contributed by atoms with E-state index in [1.54, 1.807) is 57.5 Å². The molecule has 0 spiro atoms. The van der Waals surface area contributed by atoms with Crippen molar-refractivity contribution in [2.75, 3.05) is 50.5 Å². The summed E-state index contributed by atoms with van der Waals surface area (Å²) in [5.41, 5.74) is 3.95. The highest BCUT2D eigenvalue weighted by molar-refractivity contribution is 7.92. The van der Waals surface area contributed by atoms with Crippen molar-refractivity contribution in [3.63, 3.8) is 0 Å². The zero-order chi connectivity index (χ0) is 33.7. The number of likely N-dealkylation sites (tertiary alicyclic amines) is 1. The van der Waals surface area contributed by atoms with Gasteiger partial charge >= 0.3 is 0 Å². The van der Waals surface area contributed by atoms with Crippen LogP contribution in [0.3, 0.4) is 0 Å². The Morgan fingerprint density at radius 3 is 2.45 bits per heavy atom. The predicted molar refractivity (Wildman–Crippen MR) is 185 cm³/mol. The summed E-state index contributed by atoms with van der Waals surface area (Å²) in [6.07, 6.45) is 3.97. The number of sulfone groups is 1. The molecule has 0 aliphatic carbocycles. The third-order valence-corrected chi connectivity index (χ3v) is 11.2. The molecule has 5 rings (SSSR count). The van der Waals surface area contributed by atoms with E-state index >= 15 is 0 Å². The summed E-state index contributed by atoms with van der Waals surface area (Å²) in [5, 5.41) is 10.3. The molecule has 1 aliphatic rings. The molecule has 2 N–H and O–H groups in total. The number of methoxy groups -OCH3 is 1. The minimum Gasteiger partial charge on any atom is -0.495 e. The monoisotopic (exact) mass is 662 g/mol. The molecule has 0 bridgehead atoms. The first-order chi connectivity index (χ1) is 22.5. The maximum Gasteiger partial charge on any atom is 0.233 e. The number of aromatic nitrogens is 4. The number of nitrogens with zero attached hydrogens (tertiary/aromatic N) is 6. The second kappa shape index (κ2) is 14.7. The number of benzene rings is 2. The summed E-state index contributed by atoms with van der Waals surface area (Å²) in [7, 11) is -1.92. The van der Waals surface area contributed by atoms with E-state index < -0.39 is 15.1 Å². The number of hydrogen-bond acceptors (Lipinski definition) is 10. The molecule has 0 unspecified atom stereocenters. The highest BCUT2D eigenvalue weighted by Crippen LogP contribution is 2.38. The number of piperidine rings is 1. The molecule has 1 saturated heterocycles. The van der Waals surface area contributed by atoms with Gasteiger partial charge in [-0.2, -0.15) is 19.6 Å². The van der Waals surface area contributed by atoms with Gasteiger partial charge in [-0.05, 0) is 88.0 Å². The number of nitrogens with one attached hydrogen (secondary N) is 2. The first kappa shape index (κ1) is 34.1. The molecule has 47 heavy (non-hydrogen) atoms. The van der Waals surface area contributed by atoms with Crippen LogP contribution in [0.15, 0.2) is 53.6 Å². The first-order valence-electron chi connectivity index (χ1n) is 16.3. The largest absolute Gasteiger partial charge is 0.495 e. The lowest BCUT2D eigenvalue weighted by Gasteiger charge is -2.33. The lowest BCUT2D eigenvalue weighted by atomic mass is 9.86. The van der Waals surface area contributed by atoms with Crippen LogP contribution in [0.1, 0.15) is 64.0 Å². The second-order valence-corrected chi connectivity index (χ2v) is 14.6. The summed E-state index contributed by atoms with van der Waals surface area (Å²) in [5.74, 6) is 1.81. The maximum atomic E-state index is 13.1. The van der Waals surface area contributed by atoms with Crippen molar-refractivity contribution in [2.24, 2.45) is 0 Å². The quantitative estimate of drug-likeness (QED) is 0.188. The molecule has 2 aromatic heterocycles. The number of ether oxygens (including phenoxy) is 1. The minimum atomic E-state index is -3.56. The van der Waals surface area contributed by atoms with Gasteiger partial charge in [0.15, 0.2) is 15.5 Å². The number of fused-ring (bicyclic) bond motifs is 1. The Bertz CT molecular complexity index is 1810. The highest BCUT2D eigenvalue weighted by atomic mass is 32.2. The van der Waals surface area contributed by atoms with E-state index in [9.17, 15) is 13.2 Å². The third kappa shape index (κ3) is 7.51. The fourth-order valence-corrected chi connectivity index (χ4v) is 7.28. The minimum absolute atomic E-state index is 0.186. The van der Waals surface area contributed by atoms with Crippen molar-refractivity contribution in [2.45, 2.75) is 69.9 Å². The number of carbonyl (C=O) groups excluding carboxylic acids is 1. The van der Waals surface area contributed by atoms with Gasteiger partial charge < -0.3 is 25.2 Å². The molecular weight excluding hydrogens is 616 g/mol. The highest BCUT2D eigenvalue weighted by Gasteiger charge is 2.27. The number of carbonyl (C=O) groups is 1. The normalized spacial score (nSPS) is 14.3. The Morgan fingerprint density at radius 2 is 1.77 bits per heavy atom. The maximum absolute atomic E-state index is 13.1. The van der Waals surface area contributed by atoms with Crippen LogP contribution in [0, 0.1) is 6.92 Å². The summed E-state index contributed by atoms with van der Waals surface area (Å²) in [6.45, 7) is 13.9. The SMILES string of the molecule is CCN(CC)CCC(=O)N1CCC(c2cc(OC)c(Nc3nc(Nc4ccccc4S(=O)(=O)C(C)C)n4nccc4n3)cc2C)CC1. The molecule has 0 saturated carbocycles. The van der Waals surface area contributed by atoms with Crippen LogP contribution in [-0.2, 0) is 14.6 Å². The topological polar surface area (TPSA) is 134 Å². The summed E-state index contributed by atoms with van der Waals surface area (Å²) in [4.78, 5) is 26.7. The number of amides is 1. The average molecular weight is 663 g/mol. The molecule has 2 aromatic carbocycles. The Labute approximate surface area is 277 Å². The van der Waals surface area contributed by atoms with Crippen LogP contribution in [0.5, 0.6) is 5.75 Å². The molecule has 1 amide bonds. The van der Waals surface area contributed by atoms with E-state index in [4.69, 9.17) is 4.74 Å². The van der Waals surface area contributed by atoms with Crippen LogP contribution in [0.4, 0.5) is 23.3 Å². The summed E-state index contributed by atoms with van der Waals surface area (Å²) in [6, 6.07) is 12.6. The number of rotatable bonds is 13. The molecule has 0 atom stereocenters. The molecule has 0 radical (unpaired) electrons. The van der Waals surface area contributed by atoms with Gasteiger partial charge in [0, 0.05) is 32.1 Å². The summed E-state index contributed by atoms with van der Waals surface area (Å²) < 4.78 is 33.5. The van der Waals surface area contributed by atoms with E-state index in [0.717, 1.165) is 51.1 Å². The Kier molecular flexibility index (Phi) is 10.7. The number of aryl methyl sites for hydroxylation is 1. The van der Waals surface area contributed by atoms with Gasteiger partial charge in [0.1, 0.15) is 5.75 Å². The van der Waals surface area contributed by atoms with E-state index in [2.05, 4.69) is 57.4 Å². The van der Waals surface area contributed by atoms with Crippen LogP contribution in [0.25, 0.3) is 5.65 Å². The van der Waals surface area contributed by atoms with Gasteiger partial charge in [-0.3, -0.25) is 4.79 Å². The molecule has 252 valence electrons. The lowest BCUT2D eigenvalue weighted by Crippen LogP contribution is -2.39. The lowest BCUT2D eigenvalue weighted by molar-refractivity contribution is -0.132. The zero-order valence-corrected chi connectivity index (χ0v) is 29.0. The standard InChI is InChI=1S/C34H46N8O4S/c1-7-40(8-2)18-16-32(43)41-19-14-25(15-20-41)26-22-29(46-6)28(21-24(26)5)36-33-38-31-13-17-35-42(31)34(39-33)37-27-11-9-10-12-30(27)47(44,45)23(3)4/h9-13,17,21-23,25H,7-8,14-16,18-20H2,1-6H3,(H2,36,37,38,39). The van der Waals surface area contributed by atoms with Crippen molar-refractivity contribution in [3.05, 3.63) is 59.8 Å². The molecule has 1 aliphatic heterocycles. The number of hydrogen-bond donors (Lipinski definition) is 2. The van der Waals surface area contributed by atoms with E-state index in [-0.39, 0.29) is 10.8 Å². The smallest absolute Gasteiger partial charge is 0.233 e. The van der Waals surface area contributed by atoms with Gasteiger partial charge in [-0.15, -0.1) is 0 Å². The van der Waals surface area contributed by atoms with Crippen molar-refractivity contribution >= 4 is 44.7 Å². The van der Waals surface area contributed by atoms with E-state index in [1.165, 1.54) is 10.1 Å². The fraction of sp³-hybridized carbons (Fsp3) is 0.471. The first-order valence-corrected chi connectivity index (χ1v) is 17.9. The summed E-state index contributed by atoms with van der Waals surface area (Å²) >= 11 is 0. The van der Waals surface area contributed by atoms with Gasteiger partial charge in [-0.1, -0.05) is 26.0 Å². The van der Waals surface area contributed by atoms with E-state index in [0.29, 0.717) is 47.0 Å². The fourth-order valence-electron chi connectivity index (χ4n) is 6.08. The van der Waals surface area contributed by atoms with Crippen molar-refractivity contribution in [3.8, 4) is 5.75 Å². The van der Waals surface area contributed by atoms with Crippen molar-refractivity contribution in [1.82, 2.24) is 29.4 Å². The van der Waals surface area contributed by atoms with Gasteiger partial charge in [0.25, 0.3) is 0 Å². The molecule has 3 heterocycles. The van der Waals surface area contributed by atoms with Crippen molar-refractivity contribution < 1.29 is 17.9 Å². The Morgan fingerprint density at radius 1 is 1.04 bits per heavy atom. The zero-order valence-electron chi connectivity index (χ0n) is 28.2. The third-order valence-electron chi connectivity index (χ3n) is 8.97. The van der Waals surface area contributed by atoms with Crippen molar-refractivity contribution in [1.29, 1.82) is 0 Å². The molecule has 4 aromatic rings. The van der Waals surface area contributed by atoms with Gasteiger partial charge in [0.2, 0.25) is 17.8 Å². The van der Waals surface area contributed by atoms with Crippen LogP contribution in [0.2, 0.25) is 0 Å². The van der Waals surface area contributed by atoms with E-state index in [1.807, 2.05) is 11.0 Å². The Balaban J connectivity index is 1.35. The van der Waals surface area contributed by atoms with Crippen LogP contribution < -0.4 is 15.4 Å². The molecule has 1 fully saturated rings. The second-order valence-electron chi connectivity index (χ2n) is 12.2. The molecule has 12 nitrogen and oxygen atoms in total. The molecule has 13 heteroatoms. The molecular formula is C34H46N8O4S. The number of para-hydroxylation sites is 1. The van der Waals surface area contributed by atoms with Gasteiger partial charge in [-0.25, -0.2) is 8.42 Å². The van der Waals surface area contributed by atoms with Crippen LogP contribution in [-0.4, -0.2) is 88.8 Å². The Hall–Kier alpha value is -4.23. The van der Waals surface area contributed by atoms with Crippen LogP contribution >= 0.6 is 0 Å².